The molecule has 0 saturated carbocycles. The van der Waals surface area contributed by atoms with Crippen LogP contribution in [0.4, 0.5) is 24.5 Å². The molecule has 0 spiro atoms. The van der Waals surface area contributed by atoms with Crippen molar-refractivity contribution < 1.29 is 23.1 Å². The van der Waals surface area contributed by atoms with Crippen LogP contribution in [-0.4, -0.2) is 16.2 Å². The van der Waals surface area contributed by atoms with Gasteiger partial charge >= 0.3 is 12.1 Å². The fourth-order valence-corrected chi connectivity index (χ4v) is 2.06. The highest BCUT2D eigenvalue weighted by atomic mass is 32.1. The minimum Gasteiger partial charge on any atom is -0.478 e. The van der Waals surface area contributed by atoms with E-state index in [1.165, 1.54) is 24.3 Å². The normalized spacial score (nSPS) is 10.9. The highest BCUT2D eigenvalue weighted by Gasteiger charge is 2.30. The monoisotopic (exact) mass is 340 g/mol. The smallest absolute Gasteiger partial charge is 0.416 e. The van der Waals surface area contributed by atoms with E-state index >= 15 is 0 Å². The number of para-hydroxylation sites is 1. The molecule has 0 fully saturated rings. The lowest BCUT2D eigenvalue weighted by Crippen LogP contribution is -2.21. The summed E-state index contributed by atoms with van der Waals surface area (Å²) in [5, 5.41) is 14.3. The second-order valence-electron chi connectivity index (χ2n) is 4.51. The first-order valence-corrected chi connectivity index (χ1v) is 6.76. The Hall–Kier alpha value is -2.61. The van der Waals surface area contributed by atoms with Gasteiger partial charge < -0.3 is 15.7 Å². The van der Waals surface area contributed by atoms with E-state index in [0.717, 1.165) is 12.1 Å². The summed E-state index contributed by atoms with van der Waals surface area (Å²) in [4.78, 5) is 11.1. The van der Waals surface area contributed by atoms with E-state index in [-0.39, 0.29) is 22.1 Å². The summed E-state index contributed by atoms with van der Waals surface area (Å²) in [5.74, 6) is -1.14. The van der Waals surface area contributed by atoms with Crippen molar-refractivity contribution in [2.24, 2.45) is 0 Å². The number of aromatic carboxylic acids is 1. The lowest BCUT2D eigenvalue weighted by Gasteiger charge is -2.14. The van der Waals surface area contributed by atoms with Gasteiger partial charge in [0, 0.05) is 5.69 Å². The van der Waals surface area contributed by atoms with Gasteiger partial charge in [-0.1, -0.05) is 18.2 Å². The molecule has 0 heterocycles. The number of anilines is 2. The molecule has 0 amide bonds. The van der Waals surface area contributed by atoms with E-state index < -0.39 is 17.7 Å². The molecule has 0 saturated heterocycles. The number of carbonyl (C=O) groups is 1. The minimum atomic E-state index is -4.46. The lowest BCUT2D eigenvalue weighted by molar-refractivity contribution is -0.137. The minimum absolute atomic E-state index is 0.000641. The number of benzene rings is 2. The van der Waals surface area contributed by atoms with Gasteiger partial charge in [-0.3, -0.25) is 0 Å². The number of rotatable bonds is 3. The molecule has 2 rings (SSSR count). The van der Waals surface area contributed by atoms with Crippen LogP contribution >= 0.6 is 12.2 Å². The molecule has 0 aliphatic heterocycles. The fourth-order valence-electron chi connectivity index (χ4n) is 1.84. The maximum atomic E-state index is 12.7. The molecule has 2 aromatic carbocycles. The molecule has 4 nitrogen and oxygen atoms in total. The highest BCUT2D eigenvalue weighted by molar-refractivity contribution is 7.80. The summed E-state index contributed by atoms with van der Waals surface area (Å²) in [6.07, 6.45) is -4.46. The van der Waals surface area contributed by atoms with Gasteiger partial charge in [-0.25, -0.2) is 4.79 Å². The average molecular weight is 340 g/mol. The topological polar surface area (TPSA) is 61.4 Å². The van der Waals surface area contributed by atoms with Gasteiger partial charge in [-0.2, -0.15) is 13.2 Å². The van der Waals surface area contributed by atoms with E-state index in [4.69, 9.17) is 17.3 Å². The zero-order valence-electron chi connectivity index (χ0n) is 11.5. The highest BCUT2D eigenvalue weighted by Crippen LogP contribution is 2.30. The van der Waals surface area contributed by atoms with Gasteiger partial charge in [-0.15, -0.1) is 0 Å². The molecule has 0 unspecified atom stereocenters. The quantitative estimate of drug-likeness (QED) is 0.731. The summed E-state index contributed by atoms with van der Waals surface area (Å²) >= 11 is 5.00. The molecule has 0 bridgehead atoms. The van der Waals surface area contributed by atoms with Crippen molar-refractivity contribution in [3.05, 3.63) is 59.7 Å². The first kappa shape index (κ1) is 16.8. The number of hydrogen-bond acceptors (Lipinski definition) is 2. The van der Waals surface area contributed by atoms with Crippen molar-refractivity contribution in [3.63, 3.8) is 0 Å². The molecule has 0 radical (unpaired) electrons. The lowest BCUT2D eigenvalue weighted by atomic mass is 10.2. The van der Waals surface area contributed by atoms with E-state index in [0.29, 0.717) is 0 Å². The van der Waals surface area contributed by atoms with E-state index in [2.05, 4.69) is 10.6 Å². The summed E-state index contributed by atoms with van der Waals surface area (Å²) < 4.78 is 38.0. The molecule has 0 aliphatic carbocycles. The van der Waals surface area contributed by atoms with Crippen LogP contribution in [0.1, 0.15) is 15.9 Å². The van der Waals surface area contributed by atoms with E-state index in [1.807, 2.05) is 0 Å². The Morgan fingerprint density at radius 3 is 2.39 bits per heavy atom. The van der Waals surface area contributed by atoms with Gasteiger partial charge in [-0.05, 0) is 42.5 Å². The molecule has 0 aliphatic rings. The standard InChI is InChI=1S/C15H11F3N2O2S/c16-15(17,18)9-4-3-5-10(8-9)19-14(23)20-12-7-2-1-6-11(12)13(21)22/h1-8H,(H,21,22)(H2,19,20,23). The number of nitrogens with one attached hydrogen (secondary N) is 2. The molecule has 0 atom stereocenters. The third-order valence-electron chi connectivity index (χ3n) is 2.85. The van der Waals surface area contributed by atoms with Gasteiger partial charge in [0.25, 0.3) is 0 Å². The zero-order valence-corrected chi connectivity index (χ0v) is 12.3. The Bertz CT molecular complexity index is 747. The number of carboxylic acids is 1. The summed E-state index contributed by atoms with van der Waals surface area (Å²) in [6, 6.07) is 10.6. The van der Waals surface area contributed by atoms with Crippen LogP contribution in [-0.2, 0) is 6.18 Å². The summed E-state index contributed by atoms with van der Waals surface area (Å²) in [7, 11) is 0. The van der Waals surface area contributed by atoms with Crippen LogP contribution in [0, 0.1) is 0 Å². The van der Waals surface area contributed by atoms with Crippen LogP contribution in [0.2, 0.25) is 0 Å². The molecule has 120 valence electrons. The Balaban J connectivity index is 2.13. The van der Waals surface area contributed by atoms with Crippen molar-refractivity contribution >= 4 is 34.7 Å². The SMILES string of the molecule is O=C(O)c1ccccc1NC(=S)Nc1cccc(C(F)(F)F)c1. The number of alkyl halides is 3. The van der Waals surface area contributed by atoms with Gasteiger partial charge in [0.15, 0.2) is 5.11 Å². The first-order valence-electron chi connectivity index (χ1n) is 6.35. The third kappa shape index (κ3) is 4.43. The Labute approximate surface area is 134 Å². The zero-order chi connectivity index (χ0) is 17.0. The van der Waals surface area contributed by atoms with Crippen LogP contribution in [0.15, 0.2) is 48.5 Å². The van der Waals surface area contributed by atoms with Gasteiger partial charge in [0.05, 0.1) is 16.8 Å². The van der Waals surface area contributed by atoms with Crippen molar-refractivity contribution in [2.75, 3.05) is 10.6 Å². The molecule has 3 N–H and O–H groups in total. The molecular formula is C15H11F3N2O2S. The molecule has 2 aromatic rings. The molecule has 0 aromatic heterocycles. The predicted molar refractivity (Wildman–Crippen MR) is 84.7 cm³/mol. The number of halogens is 3. The van der Waals surface area contributed by atoms with Crippen LogP contribution in [0.25, 0.3) is 0 Å². The third-order valence-corrected chi connectivity index (χ3v) is 3.06. The van der Waals surface area contributed by atoms with Crippen molar-refractivity contribution in [1.82, 2.24) is 0 Å². The van der Waals surface area contributed by atoms with E-state index in [1.54, 1.807) is 12.1 Å². The van der Waals surface area contributed by atoms with E-state index in [9.17, 15) is 18.0 Å². The van der Waals surface area contributed by atoms with Crippen molar-refractivity contribution in [3.8, 4) is 0 Å². The van der Waals surface area contributed by atoms with Gasteiger partial charge in [0.1, 0.15) is 0 Å². The molecular weight excluding hydrogens is 329 g/mol. The summed E-state index contributed by atoms with van der Waals surface area (Å²) in [6.45, 7) is 0. The van der Waals surface area contributed by atoms with Crippen molar-refractivity contribution in [2.45, 2.75) is 6.18 Å². The van der Waals surface area contributed by atoms with Crippen LogP contribution in [0.5, 0.6) is 0 Å². The Morgan fingerprint density at radius 2 is 1.74 bits per heavy atom. The molecule has 23 heavy (non-hydrogen) atoms. The second-order valence-corrected chi connectivity index (χ2v) is 4.92. The Morgan fingerprint density at radius 1 is 1.04 bits per heavy atom. The maximum Gasteiger partial charge on any atom is 0.416 e. The fraction of sp³-hybridized carbons (Fsp3) is 0.0667. The first-order chi connectivity index (χ1) is 10.8. The number of hydrogen-bond donors (Lipinski definition) is 3. The number of thiocarbonyl (C=S) groups is 1. The summed E-state index contributed by atoms with van der Waals surface area (Å²) in [5.41, 5.74) is -0.425. The van der Waals surface area contributed by atoms with Crippen molar-refractivity contribution in [1.29, 1.82) is 0 Å². The largest absolute Gasteiger partial charge is 0.478 e. The predicted octanol–water partition coefficient (Wildman–Crippen LogP) is 4.21. The number of carboxylic acid groups (broad SMARTS) is 1. The maximum absolute atomic E-state index is 12.7. The Kier molecular flexibility index (Phi) is 4.85. The molecule has 8 heteroatoms. The van der Waals surface area contributed by atoms with Crippen LogP contribution in [0.3, 0.4) is 0 Å². The van der Waals surface area contributed by atoms with Gasteiger partial charge in [0.2, 0.25) is 0 Å². The second kappa shape index (κ2) is 6.66. The average Bonchev–Trinajstić information content (AvgIpc) is 2.46. The van der Waals surface area contributed by atoms with Crippen LogP contribution < -0.4 is 10.6 Å².